The van der Waals surface area contributed by atoms with Crippen LogP contribution in [0.3, 0.4) is 0 Å². The molecule has 6 heteroatoms. The molecule has 0 spiro atoms. The molecule has 0 bridgehead atoms. The summed E-state index contributed by atoms with van der Waals surface area (Å²) >= 11 is 0. The van der Waals surface area contributed by atoms with Crippen LogP contribution in [0.25, 0.3) is 0 Å². The molecule has 1 heterocycles. The number of hydrogen-bond donors (Lipinski definition) is 1. The molecule has 1 rings (SSSR count). The summed E-state index contributed by atoms with van der Waals surface area (Å²) in [7, 11) is 0. The Morgan fingerprint density at radius 2 is 2.23 bits per heavy atom. The van der Waals surface area contributed by atoms with Crippen molar-refractivity contribution in [3.05, 3.63) is 18.0 Å². The fraction of sp³-hybridized carbons (Fsp3) is 0.571. The Hall–Kier alpha value is -1.04. The van der Waals surface area contributed by atoms with Gasteiger partial charge in [-0.2, -0.15) is 13.2 Å². The van der Waals surface area contributed by atoms with Gasteiger partial charge in [-0.1, -0.05) is 5.16 Å². The van der Waals surface area contributed by atoms with Crippen molar-refractivity contribution in [3.8, 4) is 0 Å². The topological polar surface area (TPSA) is 46.3 Å². The molecule has 0 aromatic carbocycles. The first kappa shape index (κ1) is 10.0. The molecule has 1 atom stereocenters. The van der Waals surface area contributed by atoms with Gasteiger partial charge in [-0.15, -0.1) is 0 Å². The van der Waals surface area contributed by atoms with E-state index in [2.05, 4.69) is 9.68 Å². The van der Waals surface area contributed by atoms with Gasteiger partial charge in [0.05, 0.1) is 6.20 Å². The quantitative estimate of drug-likeness (QED) is 0.802. The lowest BCUT2D eigenvalue weighted by molar-refractivity contribution is -0.140. The van der Waals surface area contributed by atoms with E-state index in [0.717, 1.165) is 0 Å². The Bertz CT molecular complexity index is 245. The molecule has 0 aliphatic heterocycles. The van der Waals surface area contributed by atoms with Crippen LogP contribution in [0.5, 0.6) is 0 Å². The van der Waals surface area contributed by atoms with E-state index in [1.807, 2.05) is 0 Å². The van der Waals surface area contributed by atoms with Gasteiger partial charge in [0.2, 0.25) is 0 Å². The Morgan fingerprint density at radius 3 is 2.69 bits per heavy atom. The van der Waals surface area contributed by atoms with Crippen LogP contribution in [0.1, 0.15) is 24.7 Å². The molecule has 0 saturated heterocycles. The molecule has 1 unspecified atom stereocenters. The van der Waals surface area contributed by atoms with Crippen LogP contribution in [0, 0.1) is 0 Å². The van der Waals surface area contributed by atoms with E-state index in [-0.39, 0.29) is 5.76 Å². The van der Waals surface area contributed by atoms with Crippen LogP contribution in [0.15, 0.2) is 16.8 Å². The van der Waals surface area contributed by atoms with Gasteiger partial charge >= 0.3 is 6.18 Å². The van der Waals surface area contributed by atoms with Crippen molar-refractivity contribution in [2.45, 2.75) is 25.1 Å². The van der Waals surface area contributed by atoms with Crippen LogP contribution in [-0.4, -0.2) is 16.4 Å². The third-order valence-electron chi connectivity index (χ3n) is 1.49. The van der Waals surface area contributed by atoms with E-state index in [0.29, 0.717) is 0 Å². The standard InChI is InChI=1S/C7H8F3NO2/c8-7(9,10)3-1-5(12)6-2-4-11-13-6/h2,4-5,12H,1,3H2. The second-order valence-corrected chi connectivity index (χ2v) is 2.58. The van der Waals surface area contributed by atoms with Crippen LogP contribution in [0.4, 0.5) is 13.2 Å². The SMILES string of the molecule is OC(CCC(F)(F)F)c1ccno1. The molecule has 0 saturated carbocycles. The normalized spacial score (nSPS) is 14.5. The van der Waals surface area contributed by atoms with Crippen LogP contribution in [0.2, 0.25) is 0 Å². The minimum atomic E-state index is -4.25. The zero-order valence-corrected chi connectivity index (χ0v) is 6.58. The highest BCUT2D eigenvalue weighted by Crippen LogP contribution is 2.26. The minimum Gasteiger partial charge on any atom is -0.385 e. The first-order valence-corrected chi connectivity index (χ1v) is 3.64. The average Bonchev–Trinajstić information content (AvgIpc) is 2.50. The zero-order chi connectivity index (χ0) is 9.90. The summed E-state index contributed by atoms with van der Waals surface area (Å²) in [6.07, 6.45) is -5.65. The van der Waals surface area contributed by atoms with E-state index >= 15 is 0 Å². The third kappa shape index (κ3) is 3.45. The van der Waals surface area contributed by atoms with Gasteiger partial charge < -0.3 is 9.63 Å². The van der Waals surface area contributed by atoms with Crippen LogP contribution >= 0.6 is 0 Å². The van der Waals surface area contributed by atoms with Crippen molar-refractivity contribution < 1.29 is 22.8 Å². The fourth-order valence-corrected chi connectivity index (χ4v) is 0.840. The highest BCUT2D eigenvalue weighted by molar-refractivity contribution is 4.97. The molecule has 0 aliphatic carbocycles. The molecule has 1 aromatic heterocycles. The maximum Gasteiger partial charge on any atom is 0.389 e. The fourth-order valence-electron chi connectivity index (χ4n) is 0.840. The van der Waals surface area contributed by atoms with Crippen molar-refractivity contribution in [2.75, 3.05) is 0 Å². The lowest BCUT2D eigenvalue weighted by Gasteiger charge is -2.08. The Kier molecular flexibility index (Phi) is 2.92. The summed E-state index contributed by atoms with van der Waals surface area (Å²) in [6.45, 7) is 0. The first-order valence-electron chi connectivity index (χ1n) is 3.64. The molecule has 0 amide bonds. The number of aliphatic hydroxyl groups is 1. The predicted molar refractivity (Wildman–Crippen MR) is 36.8 cm³/mol. The predicted octanol–water partition coefficient (Wildman–Crippen LogP) is 2.05. The van der Waals surface area contributed by atoms with Gasteiger partial charge in [0.15, 0.2) is 5.76 Å². The van der Waals surface area contributed by atoms with Gasteiger partial charge in [-0.25, -0.2) is 0 Å². The number of rotatable bonds is 3. The molecule has 13 heavy (non-hydrogen) atoms. The largest absolute Gasteiger partial charge is 0.389 e. The third-order valence-corrected chi connectivity index (χ3v) is 1.49. The molecule has 1 aromatic rings. The lowest BCUT2D eigenvalue weighted by atomic mass is 10.1. The summed E-state index contributed by atoms with van der Waals surface area (Å²) in [4.78, 5) is 0. The van der Waals surface area contributed by atoms with Crippen molar-refractivity contribution in [1.29, 1.82) is 0 Å². The average molecular weight is 195 g/mol. The summed E-state index contributed by atoms with van der Waals surface area (Å²) < 4.78 is 39.6. The zero-order valence-electron chi connectivity index (χ0n) is 6.58. The summed E-state index contributed by atoms with van der Waals surface area (Å²) in [6, 6.07) is 1.33. The van der Waals surface area contributed by atoms with E-state index in [9.17, 15) is 13.2 Å². The van der Waals surface area contributed by atoms with Crippen LogP contribution in [-0.2, 0) is 0 Å². The number of hydrogen-bond acceptors (Lipinski definition) is 3. The molecular formula is C7H8F3NO2. The lowest BCUT2D eigenvalue weighted by Crippen LogP contribution is -2.09. The molecule has 0 aliphatic rings. The molecule has 74 valence electrons. The molecule has 1 N–H and O–H groups in total. The number of alkyl halides is 3. The van der Waals surface area contributed by atoms with Crippen LogP contribution < -0.4 is 0 Å². The molecular weight excluding hydrogens is 187 g/mol. The minimum absolute atomic E-state index is 0.0595. The van der Waals surface area contributed by atoms with Crippen molar-refractivity contribution >= 4 is 0 Å². The summed E-state index contributed by atoms with van der Waals surface area (Å²) in [5.41, 5.74) is 0. The van der Waals surface area contributed by atoms with E-state index in [4.69, 9.17) is 5.11 Å². The Labute approximate surface area is 72.1 Å². The highest BCUT2D eigenvalue weighted by Gasteiger charge is 2.28. The molecule has 0 fully saturated rings. The Balaban J connectivity index is 2.39. The highest BCUT2D eigenvalue weighted by atomic mass is 19.4. The van der Waals surface area contributed by atoms with Crippen molar-refractivity contribution in [1.82, 2.24) is 5.16 Å². The summed E-state index contributed by atoms with van der Waals surface area (Å²) in [5.74, 6) is 0.0595. The number of nitrogens with zero attached hydrogens (tertiary/aromatic N) is 1. The van der Waals surface area contributed by atoms with Gasteiger partial charge in [-0.05, 0) is 6.42 Å². The van der Waals surface area contributed by atoms with E-state index < -0.39 is 25.1 Å². The number of aliphatic hydroxyl groups excluding tert-OH is 1. The van der Waals surface area contributed by atoms with Gasteiger partial charge in [0, 0.05) is 12.5 Å². The maximum absolute atomic E-state index is 11.7. The number of aromatic nitrogens is 1. The second kappa shape index (κ2) is 3.78. The smallest absolute Gasteiger partial charge is 0.385 e. The Morgan fingerprint density at radius 1 is 1.54 bits per heavy atom. The maximum atomic E-state index is 11.7. The van der Waals surface area contributed by atoms with Crippen molar-refractivity contribution in [3.63, 3.8) is 0 Å². The monoisotopic (exact) mass is 195 g/mol. The number of halogens is 3. The van der Waals surface area contributed by atoms with E-state index in [1.54, 1.807) is 0 Å². The van der Waals surface area contributed by atoms with Gasteiger partial charge in [-0.3, -0.25) is 0 Å². The second-order valence-electron chi connectivity index (χ2n) is 2.58. The molecule has 0 radical (unpaired) electrons. The van der Waals surface area contributed by atoms with Gasteiger partial charge in [0.25, 0.3) is 0 Å². The van der Waals surface area contributed by atoms with Gasteiger partial charge in [0.1, 0.15) is 6.10 Å². The van der Waals surface area contributed by atoms with Crippen molar-refractivity contribution in [2.24, 2.45) is 0 Å². The first-order chi connectivity index (χ1) is 5.99. The van der Waals surface area contributed by atoms with E-state index in [1.165, 1.54) is 12.3 Å². The molecule has 3 nitrogen and oxygen atoms in total. The summed E-state index contributed by atoms with van der Waals surface area (Å²) in [5, 5.41) is 12.4.